The van der Waals surface area contributed by atoms with E-state index in [9.17, 15) is 0 Å². The van der Waals surface area contributed by atoms with Crippen LogP contribution < -0.4 is 0 Å². The fourth-order valence-corrected chi connectivity index (χ4v) is 3.34. The highest BCUT2D eigenvalue weighted by Crippen LogP contribution is 2.32. The first kappa shape index (κ1) is 13.9. The molecule has 0 bridgehead atoms. The Bertz CT molecular complexity index is 1180. The molecule has 0 fully saturated rings. The van der Waals surface area contributed by atoms with Gasteiger partial charge in [-0.3, -0.25) is 9.55 Å². The second-order valence-corrected chi connectivity index (χ2v) is 5.97. The van der Waals surface area contributed by atoms with Gasteiger partial charge in [0.05, 0.1) is 16.6 Å². The van der Waals surface area contributed by atoms with Crippen molar-refractivity contribution in [3.8, 4) is 17.1 Å². The van der Waals surface area contributed by atoms with E-state index in [0.717, 1.165) is 39.0 Å². The van der Waals surface area contributed by atoms with Gasteiger partial charge in [-0.25, -0.2) is 4.98 Å². The van der Waals surface area contributed by atoms with Crippen molar-refractivity contribution < 1.29 is 0 Å². The zero-order valence-electron chi connectivity index (χ0n) is 13.5. The summed E-state index contributed by atoms with van der Waals surface area (Å²) in [5.41, 5.74) is 5.26. The fourth-order valence-electron chi connectivity index (χ4n) is 3.34. The Morgan fingerprint density at radius 2 is 1.44 bits per heavy atom. The Balaban J connectivity index is 1.91. The predicted molar refractivity (Wildman–Crippen MR) is 102 cm³/mol. The third kappa shape index (κ3) is 2.21. The van der Waals surface area contributed by atoms with Gasteiger partial charge < -0.3 is 0 Å². The Morgan fingerprint density at radius 1 is 0.640 bits per heavy atom. The van der Waals surface area contributed by atoms with E-state index in [4.69, 9.17) is 4.98 Å². The van der Waals surface area contributed by atoms with Crippen LogP contribution in [-0.2, 0) is 0 Å². The van der Waals surface area contributed by atoms with Crippen LogP contribution in [0.15, 0.2) is 91.1 Å². The van der Waals surface area contributed by atoms with Gasteiger partial charge in [0.25, 0.3) is 0 Å². The van der Waals surface area contributed by atoms with Crippen molar-refractivity contribution in [1.82, 2.24) is 14.5 Å². The van der Waals surface area contributed by atoms with Crippen molar-refractivity contribution in [1.29, 1.82) is 0 Å². The van der Waals surface area contributed by atoms with Crippen molar-refractivity contribution in [3.63, 3.8) is 0 Å². The number of nitrogens with zero attached hydrogens (tertiary/aromatic N) is 3. The van der Waals surface area contributed by atoms with Gasteiger partial charge in [0.15, 0.2) is 0 Å². The Kier molecular flexibility index (Phi) is 3.10. The smallest absolute Gasteiger partial charge is 0.146 e. The van der Waals surface area contributed by atoms with Gasteiger partial charge in [0, 0.05) is 22.8 Å². The molecule has 0 N–H and O–H groups in total. The number of imidazole rings is 1. The first-order chi connectivity index (χ1) is 12.4. The molecule has 0 atom stereocenters. The minimum absolute atomic E-state index is 0.936. The molecule has 5 aromatic rings. The maximum atomic E-state index is 4.94. The van der Waals surface area contributed by atoms with Crippen LogP contribution >= 0.6 is 0 Å². The molecule has 2 aromatic heterocycles. The quantitative estimate of drug-likeness (QED) is 0.445. The van der Waals surface area contributed by atoms with Crippen molar-refractivity contribution in [2.45, 2.75) is 0 Å². The topological polar surface area (TPSA) is 30.7 Å². The number of hydrogen-bond acceptors (Lipinski definition) is 2. The van der Waals surface area contributed by atoms with Crippen LogP contribution in [0.3, 0.4) is 0 Å². The van der Waals surface area contributed by atoms with Crippen LogP contribution in [0.4, 0.5) is 0 Å². The van der Waals surface area contributed by atoms with E-state index < -0.39 is 0 Å². The van der Waals surface area contributed by atoms with Crippen LogP contribution in [0.2, 0.25) is 0 Å². The van der Waals surface area contributed by atoms with E-state index >= 15 is 0 Å². The van der Waals surface area contributed by atoms with Crippen LogP contribution in [0.1, 0.15) is 0 Å². The van der Waals surface area contributed by atoms with Gasteiger partial charge in [-0.2, -0.15) is 0 Å². The molecule has 0 saturated heterocycles. The zero-order chi connectivity index (χ0) is 16.6. The lowest BCUT2D eigenvalue weighted by Gasteiger charge is -2.11. The summed E-state index contributed by atoms with van der Waals surface area (Å²) in [5.74, 6) is 0.936. The predicted octanol–water partition coefficient (Wildman–Crippen LogP) is 5.24. The highest BCUT2D eigenvalue weighted by atomic mass is 15.1. The van der Waals surface area contributed by atoms with Gasteiger partial charge in [-0.15, -0.1) is 0 Å². The number of hydrogen-bond donors (Lipinski definition) is 0. The average Bonchev–Trinajstić information content (AvgIpc) is 3.07. The summed E-state index contributed by atoms with van der Waals surface area (Å²) in [7, 11) is 0. The molecule has 0 saturated carbocycles. The molecule has 0 aliphatic carbocycles. The molecule has 0 aliphatic heterocycles. The van der Waals surface area contributed by atoms with Crippen molar-refractivity contribution >= 4 is 21.9 Å². The van der Waals surface area contributed by atoms with Gasteiger partial charge >= 0.3 is 0 Å². The Morgan fingerprint density at radius 3 is 2.36 bits per heavy atom. The van der Waals surface area contributed by atoms with Crippen molar-refractivity contribution in [2.24, 2.45) is 0 Å². The molecular formula is C22H15N3. The second-order valence-electron chi connectivity index (χ2n) is 5.97. The lowest BCUT2D eigenvalue weighted by atomic mass is 10.1. The van der Waals surface area contributed by atoms with Gasteiger partial charge in [0.1, 0.15) is 5.82 Å². The standard InChI is InChI=1S/C22H15N3/c1-2-8-16(9-3-1)25-21-14-5-4-12-20(21)24-22(25)18-10-6-13-19-17(18)11-7-15-23-19/h1-15H. The summed E-state index contributed by atoms with van der Waals surface area (Å²) in [6.07, 6.45) is 1.83. The van der Waals surface area contributed by atoms with Crippen LogP contribution in [0, 0.1) is 0 Å². The molecule has 25 heavy (non-hydrogen) atoms. The van der Waals surface area contributed by atoms with Gasteiger partial charge in [-0.1, -0.05) is 48.5 Å². The minimum atomic E-state index is 0.936. The molecule has 0 unspecified atom stereocenters. The van der Waals surface area contributed by atoms with Gasteiger partial charge in [0.2, 0.25) is 0 Å². The molecule has 3 heteroatoms. The molecule has 3 aromatic carbocycles. The number of fused-ring (bicyclic) bond motifs is 2. The summed E-state index contributed by atoms with van der Waals surface area (Å²) < 4.78 is 2.22. The molecule has 3 nitrogen and oxygen atoms in total. The summed E-state index contributed by atoms with van der Waals surface area (Å²) in [5, 5.41) is 1.11. The number of pyridine rings is 1. The van der Waals surface area contributed by atoms with E-state index in [1.807, 2.05) is 36.5 Å². The summed E-state index contributed by atoms with van der Waals surface area (Å²) in [6, 6.07) is 28.9. The first-order valence-electron chi connectivity index (χ1n) is 8.29. The summed E-state index contributed by atoms with van der Waals surface area (Å²) in [6.45, 7) is 0. The first-order valence-corrected chi connectivity index (χ1v) is 8.29. The highest BCUT2D eigenvalue weighted by molar-refractivity contribution is 5.95. The van der Waals surface area contributed by atoms with E-state index in [0.29, 0.717) is 0 Å². The molecule has 5 rings (SSSR count). The lowest BCUT2D eigenvalue weighted by molar-refractivity contribution is 1.10. The monoisotopic (exact) mass is 321 g/mol. The average molecular weight is 321 g/mol. The molecule has 0 spiro atoms. The molecule has 0 amide bonds. The molecule has 2 heterocycles. The Labute approximate surface area is 145 Å². The number of benzene rings is 3. The third-order valence-electron chi connectivity index (χ3n) is 4.46. The van der Waals surface area contributed by atoms with Crippen molar-refractivity contribution in [2.75, 3.05) is 0 Å². The van der Waals surface area contributed by atoms with E-state index in [1.54, 1.807) is 0 Å². The number of rotatable bonds is 2. The van der Waals surface area contributed by atoms with Crippen LogP contribution in [0.25, 0.3) is 39.0 Å². The van der Waals surface area contributed by atoms with Gasteiger partial charge in [-0.05, 0) is 36.4 Å². The summed E-state index contributed by atoms with van der Waals surface area (Å²) >= 11 is 0. The van der Waals surface area contributed by atoms with E-state index in [1.165, 1.54) is 0 Å². The SMILES string of the molecule is c1ccc(-n2c(-c3cccc4ncccc34)nc3ccccc32)cc1. The van der Waals surface area contributed by atoms with Crippen molar-refractivity contribution in [3.05, 3.63) is 91.1 Å². The number of para-hydroxylation sites is 3. The van der Waals surface area contributed by atoms with Crippen LogP contribution in [0.5, 0.6) is 0 Å². The molecule has 118 valence electrons. The Hall–Kier alpha value is -3.46. The second kappa shape index (κ2) is 5.56. The minimum Gasteiger partial charge on any atom is -0.292 e. The fraction of sp³-hybridized carbons (Fsp3) is 0. The maximum absolute atomic E-state index is 4.94. The third-order valence-corrected chi connectivity index (χ3v) is 4.46. The molecule has 0 radical (unpaired) electrons. The van der Waals surface area contributed by atoms with E-state index in [-0.39, 0.29) is 0 Å². The normalized spacial score (nSPS) is 11.2. The number of aromatic nitrogens is 3. The molecular weight excluding hydrogens is 306 g/mol. The largest absolute Gasteiger partial charge is 0.292 e. The van der Waals surface area contributed by atoms with E-state index in [2.05, 4.69) is 64.1 Å². The highest BCUT2D eigenvalue weighted by Gasteiger charge is 2.15. The zero-order valence-corrected chi connectivity index (χ0v) is 13.5. The summed E-state index contributed by atoms with van der Waals surface area (Å²) in [4.78, 5) is 9.43. The molecule has 0 aliphatic rings. The lowest BCUT2D eigenvalue weighted by Crippen LogP contribution is -1.98. The maximum Gasteiger partial charge on any atom is 0.146 e. The van der Waals surface area contributed by atoms with Crippen LogP contribution in [-0.4, -0.2) is 14.5 Å².